The van der Waals surface area contributed by atoms with Crippen LogP contribution in [0.1, 0.15) is 44.7 Å². The molecule has 1 aromatic carbocycles. The fourth-order valence-corrected chi connectivity index (χ4v) is 2.95. The first kappa shape index (κ1) is 16.0. The van der Waals surface area contributed by atoms with Crippen LogP contribution in [-0.4, -0.2) is 30.4 Å². The zero-order chi connectivity index (χ0) is 15.5. The zero-order valence-corrected chi connectivity index (χ0v) is 13.6. The first-order valence-electron chi connectivity index (χ1n) is 7.97. The molecule has 0 aromatic heterocycles. The van der Waals surface area contributed by atoms with E-state index >= 15 is 0 Å². The number of likely N-dealkylation sites (tertiary alicyclic amines) is 1. The molecule has 1 amide bonds. The highest BCUT2D eigenvalue weighted by Gasteiger charge is 2.23. The quantitative estimate of drug-likeness (QED) is 0.926. The van der Waals surface area contributed by atoms with E-state index in [0.29, 0.717) is 0 Å². The van der Waals surface area contributed by atoms with Crippen LogP contribution >= 0.6 is 0 Å². The molecule has 2 rings (SSSR count). The van der Waals surface area contributed by atoms with E-state index in [4.69, 9.17) is 5.73 Å². The molecule has 1 heterocycles. The Morgan fingerprint density at radius 3 is 2.52 bits per heavy atom. The monoisotopic (exact) mass is 288 g/mol. The van der Waals surface area contributed by atoms with Gasteiger partial charge >= 0.3 is 0 Å². The van der Waals surface area contributed by atoms with Crippen molar-refractivity contribution in [3.05, 3.63) is 35.4 Å². The Morgan fingerprint density at radius 2 is 1.95 bits per heavy atom. The first-order valence-corrected chi connectivity index (χ1v) is 7.97. The second-order valence-corrected chi connectivity index (χ2v) is 7.24. The van der Waals surface area contributed by atoms with Crippen molar-refractivity contribution in [3.63, 3.8) is 0 Å². The summed E-state index contributed by atoms with van der Waals surface area (Å²) in [6, 6.07) is 8.93. The van der Waals surface area contributed by atoms with Gasteiger partial charge in [-0.05, 0) is 42.3 Å². The molecule has 3 nitrogen and oxygen atoms in total. The second-order valence-electron chi connectivity index (χ2n) is 7.24. The topological polar surface area (TPSA) is 46.3 Å². The van der Waals surface area contributed by atoms with Crippen molar-refractivity contribution >= 4 is 5.91 Å². The normalized spacial score (nSPS) is 20.4. The van der Waals surface area contributed by atoms with Crippen molar-refractivity contribution in [2.75, 3.05) is 19.6 Å². The van der Waals surface area contributed by atoms with E-state index in [1.54, 1.807) is 0 Å². The molecule has 1 fully saturated rings. The number of amides is 1. The Bertz CT molecular complexity index is 473. The predicted molar refractivity (Wildman–Crippen MR) is 87.2 cm³/mol. The molecule has 1 aliphatic heterocycles. The summed E-state index contributed by atoms with van der Waals surface area (Å²) in [5.41, 5.74) is 8.38. The van der Waals surface area contributed by atoms with Crippen molar-refractivity contribution in [3.8, 4) is 0 Å². The Labute approximate surface area is 128 Å². The number of rotatable bonds is 4. The van der Waals surface area contributed by atoms with Gasteiger partial charge in [0.2, 0.25) is 5.91 Å². The van der Waals surface area contributed by atoms with Gasteiger partial charge in [-0.15, -0.1) is 0 Å². The van der Waals surface area contributed by atoms with Gasteiger partial charge < -0.3 is 10.6 Å². The summed E-state index contributed by atoms with van der Waals surface area (Å²) in [6.07, 6.45) is 3.07. The van der Waals surface area contributed by atoms with Crippen LogP contribution in [-0.2, 0) is 16.6 Å². The molecule has 1 aromatic rings. The van der Waals surface area contributed by atoms with Gasteiger partial charge in [0.15, 0.2) is 0 Å². The number of benzene rings is 1. The highest BCUT2D eigenvalue weighted by atomic mass is 16.1. The van der Waals surface area contributed by atoms with Gasteiger partial charge in [0.1, 0.15) is 0 Å². The molecule has 0 aliphatic carbocycles. The van der Waals surface area contributed by atoms with Gasteiger partial charge in [-0.3, -0.25) is 4.79 Å². The van der Waals surface area contributed by atoms with Crippen LogP contribution in [0.25, 0.3) is 0 Å². The largest absolute Gasteiger partial charge is 0.369 e. The van der Waals surface area contributed by atoms with E-state index in [1.165, 1.54) is 11.1 Å². The minimum Gasteiger partial charge on any atom is -0.369 e. The van der Waals surface area contributed by atoms with Gasteiger partial charge in [0.25, 0.3) is 0 Å². The minimum absolute atomic E-state index is 0.0435. The molecule has 1 aliphatic rings. The number of carbonyl (C=O) groups is 1. The van der Waals surface area contributed by atoms with Crippen LogP contribution in [0.2, 0.25) is 0 Å². The summed E-state index contributed by atoms with van der Waals surface area (Å²) in [5.74, 6) is -0.101. The zero-order valence-electron chi connectivity index (χ0n) is 13.6. The van der Waals surface area contributed by atoms with Crippen LogP contribution < -0.4 is 5.73 Å². The van der Waals surface area contributed by atoms with Gasteiger partial charge in [0, 0.05) is 13.1 Å². The highest BCUT2D eigenvalue weighted by molar-refractivity contribution is 5.76. The lowest BCUT2D eigenvalue weighted by Crippen LogP contribution is -2.41. The molecular formula is C18H28N2O. The van der Waals surface area contributed by atoms with E-state index in [2.05, 4.69) is 49.9 Å². The average molecular weight is 288 g/mol. The molecule has 1 atom stereocenters. The van der Waals surface area contributed by atoms with E-state index in [1.807, 2.05) is 0 Å². The van der Waals surface area contributed by atoms with Crippen molar-refractivity contribution in [2.24, 2.45) is 11.7 Å². The van der Waals surface area contributed by atoms with Crippen molar-refractivity contribution in [1.82, 2.24) is 4.90 Å². The summed E-state index contributed by atoms with van der Waals surface area (Å²) in [4.78, 5) is 13.7. The molecule has 2 N–H and O–H groups in total. The molecule has 0 saturated carbocycles. The number of nitrogens with two attached hydrogens (primary N) is 1. The molecular weight excluding hydrogens is 260 g/mol. The number of primary amides is 1. The third kappa shape index (κ3) is 4.57. The third-order valence-corrected chi connectivity index (χ3v) is 4.44. The molecule has 21 heavy (non-hydrogen) atoms. The molecule has 3 heteroatoms. The Kier molecular flexibility index (Phi) is 5.04. The Morgan fingerprint density at radius 1 is 1.29 bits per heavy atom. The maximum Gasteiger partial charge on any atom is 0.221 e. The second kappa shape index (κ2) is 6.61. The summed E-state index contributed by atoms with van der Waals surface area (Å²) in [6.45, 7) is 9.64. The number of nitrogens with zero attached hydrogens (tertiary/aromatic N) is 1. The standard InChI is InChI=1S/C18H28N2O/c1-18(2,3)16-8-6-14(7-9-16)10-12-20-11-4-5-15(13-20)17(19)21/h6-9,15H,4-5,10-13H2,1-3H3,(H2,19,21). The van der Waals surface area contributed by atoms with Crippen LogP contribution in [0.3, 0.4) is 0 Å². The summed E-state index contributed by atoms with van der Waals surface area (Å²) in [5, 5.41) is 0. The van der Waals surface area contributed by atoms with Crippen LogP contribution in [0, 0.1) is 5.92 Å². The Hall–Kier alpha value is -1.35. The minimum atomic E-state index is -0.144. The van der Waals surface area contributed by atoms with Crippen LogP contribution in [0.15, 0.2) is 24.3 Å². The lowest BCUT2D eigenvalue weighted by Gasteiger charge is -2.31. The molecule has 0 spiro atoms. The molecule has 1 saturated heterocycles. The number of hydrogen-bond donors (Lipinski definition) is 1. The van der Waals surface area contributed by atoms with Crippen molar-refractivity contribution in [2.45, 2.75) is 45.4 Å². The maximum absolute atomic E-state index is 11.3. The van der Waals surface area contributed by atoms with E-state index in [-0.39, 0.29) is 17.2 Å². The van der Waals surface area contributed by atoms with Gasteiger partial charge in [-0.2, -0.15) is 0 Å². The molecule has 1 unspecified atom stereocenters. The lowest BCUT2D eigenvalue weighted by molar-refractivity contribution is -0.123. The summed E-state index contributed by atoms with van der Waals surface area (Å²) >= 11 is 0. The van der Waals surface area contributed by atoms with Crippen LogP contribution in [0.5, 0.6) is 0 Å². The third-order valence-electron chi connectivity index (χ3n) is 4.44. The fourth-order valence-electron chi connectivity index (χ4n) is 2.95. The number of hydrogen-bond acceptors (Lipinski definition) is 2. The summed E-state index contributed by atoms with van der Waals surface area (Å²) < 4.78 is 0. The van der Waals surface area contributed by atoms with Crippen molar-refractivity contribution in [1.29, 1.82) is 0 Å². The average Bonchev–Trinajstić information content (AvgIpc) is 2.45. The Balaban J connectivity index is 1.87. The van der Waals surface area contributed by atoms with Gasteiger partial charge in [0.05, 0.1) is 5.92 Å². The highest BCUT2D eigenvalue weighted by Crippen LogP contribution is 2.22. The van der Waals surface area contributed by atoms with E-state index in [9.17, 15) is 4.79 Å². The van der Waals surface area contributed by atoms with E-state index < -0.39 is 0 Å². The van der Waals surface area contributed by atoms with Gasteiger partial charge in [-0.1, -0.05) is 45.0 Å². The smallest absolute Gasteiger partial charge is 0.221 e. The SMILES string of the molecule is CC(C)(C)c1ccc(CCN2CCCC(C(N)=O)C2)cc1. The fraction of sp³-hybridized carbons (Fsp3) is 0.611. The number of piperidine rings is 1. The maximum atomic E-state index is 11.3. The van der Waals surface area contributed by atoms with E-state index in [0.717, 1.165) is 38.9 Å². The molecule has 116 valence electrons. The van der Waals surface area contributed by atoms with Crippen LogP contribution in [0.4, 0.5) is 0 Å². The van der Waals surface area contributed by atoms with Gasteiger partial charge in [-0.25, -0.2) is 0 Å². The van der Waals surface area contributed by atoms with Crippen molar-refractivity contribution < 1.29 is 4.79 Å². The molecule has 0 radical (unpaired) electrons. The predicted octanol–water partition coefficient (Wildman–Crippen LogP) is 2.72. The first-order chi connectivity index (χ1) is 9.86. The lowest BCUT2D eigenvalue weighted by atomic mass is 9.86. The summed E-state index contributed by atoms with van der Waals surface area (Å²) in [7, 11) is 0. The number of carbonyl (C=O) groups excluding carboxylic acids is 1. The molecule has 0 bridgehead atoms.